The molecular weight excluding hydrogens is 420 g/mol. The molecule has 0 radical (unpaired) electrons. The maximum absolute atomic E-state index is 13.4. The van der Waals surface area contributed by atoms with E-state index >= 15 is 0 Å². The van der Waals surface area contributed by atoms with Gasteiger partial charge in [0.25, 0.3) is 0 Å². The summed E-state index contributed by atoms with van der Waals surface area (Å²) >= 11 is 0. The van der Waals surface area contributed by atoms with Crippen LogP contribution in [-0.2, 0) is 0 Å². The molecule has 172 valence electrons. The monoisotopic (exact) mass is 450 g/mol. The number of rotatable bonds is 8. The first-order chi connectivity index (χ1) is 16.4. The van der Waals surface area contributed by atoms with Crippen LogP contribution in [0.15, 0.2) is 97.1 Å². The Hall–Kier alpha value is -3.85. The Morgan fingerprint density at radius 3 is 1.65 bits per heavy atom. The Morgan fingerprint density at radius 1 is 0.588 bits per heavy atom. The normalized spacial score (nSPS) is 11.0. The summed E-state index contributed by atoms with van der Waals surface area (Å²) < 4.78 is 12.5. The molecule has 0 saturated carbocycles. The first-order valence-electron chi connectivity index (χ1n) is 11.7. The van der Waals surface area contributed by atoms with Crippen LogP contribution in [0, 0.1) is 0 Å². The Balaban J connectivity index is 1.73. The minimum absolute atomic E-state index is 0.116. The average Bonchev–Trinajstić information content (AvgIpc) is 2.86. The first-order valence-corrected chi connectivity index (χ1v) is 11.7. The van der Waals surface area contributed by atoms with Gasteiger partial charge in [-0.05, 0) is 59.4 Å². The molecule has 0 bridgehead atoms. The summed E-state index contributed by atoms with van der Waals surface area (Å²) in [5, 5.41) is 0. The van der Waals surface area contributed by atoms with Gasteiger partial charge in [0.1, 0.15) is 11.5 Å². The van der Waals surface area contributed by atoms with Gasteiger partial charge in [-0.1, -0.05) is 88.4 Å². The number of carbonyl (C=O) groups is 1. The summed E-state index contributed by atoms with van der Waals surface area (Å²) in [5.74, 6) is 2.98. The molecule has 4 aromatic carbocycles. The third kappa shape index (κ3) is 5.37. The van der Waals surface area contributed by atoms with E-state index in [1.54, 1.807) is 6.07 Å². The molecule has 34 heavy (non-hydrogen) atoms. The van der Waals surface area contributed by atoms with E-state index in [0.29, 0.717) is 46.0 Å². The lowest BCUT2D eigenvalue weighted by Crippen LogP contribution is -2.05. The molecule has 0 spiro atoms. The van der Waals surface area contributed by atoms with Gasteiger partial charge < -0.3 is 9.47 Å². The smallest absolute Gasteiger partial charge is 0.196 e. The molecule has 0 saturated heterocycles. The van der Waals surface area contributed by atoms with E-state index in [9.17, 15) is 4.79 Å². The van der Waals surface area contributed by atoms with Crippen LogP contribution >= 0.6 is 0 Å². The second kappa shape index (κ2) is 10.4. The molecule has 0 aliphatic heterocycles. The molecule has 0 atom stereocenters. The second-order valence-corrected chi connectivity index (χ2v) is 8.98. The molecule has 0 aromatic heterocycles. The Kier molecular flexibility index (Phi) is 7.12. The molecular formula is C31H30O3. The summed E-state index contributed by atoms with van der Waals surface area (Å²) in [6, 6.07) is 30.6. The van der Waals surface area contributed by atoms with E-state index in [-0.39, 0.29) is 5.78 Å². The van der Waals surface area contributed by atoms with Crippen LogP contribution in [0.25, 0.3) is 0 Å². The minimum Gasteiger partial charge on any atom is -0.453 e. The van der Waals surface area contributed by atoms with E-state index in [0.717, 1.165) is 0 Å². The van der Waals surface area contributed by atoms with Crippen LogP contribution in [0.4, 0.5) is 0 Å². The van der Waals surface area contributed by atoms with Gasteiger partial charge in [0.05, 0.1) is 5.56 Å². The van der Waals surface area contributed by atoms with Crippen molar-refractivity contribution in [2.75, 3.05) is 0 Å². The predicted octanol–water partition coefficient (Wildman–Crippen LogP) is 8.75. The molecule has 3 nitrogen and oxygen atoms in total. The molecule has 0 fully saturated rings. The second-order valence-electron chi connectivity index (χ2n) is 8.98. The molecule has 0 heterocycles. The summed E-state index contributed by atoms with van der Waals surface area (Å²) in [4.78, 5) is 13.4. The largest absolute Gasteiger partial charge is 0.453 e. The summed E-state index contributed by atoms with van der Waals surface area (Å²) in [7, 11) is 0. The fourth-order valence-corrected chi connectivity index (χ4v) is 3.71. The van der Waals surface area contributed by atoms with Crippen molar-refractivity contribution >= 4 is 5.78 Å². The summed E-state index contributed by atoms with van der Waals surface area (Å²) in [6.45, 7) is 8.62. The zero-order chi connectivity index (χ0) is 24.1. The highest BCUT2D eigenvalue weighted by Crippen LogP contribution is 2.39. The molecule has 4 rings (SSSR count). The lowest BCUT2D eigenvalue weighted by atomic mass is 10.0. The topological polar surface area (TPSA) is 35.5 Å². The molecule has 3 heteroatoms. The van der Waals surface area contributed by atoms with E-state index in [1.807, 2.05) is 78.9 Å². The van der Waals surface area contributed by atoms with Gasteiger partial charge in [-0.15, -0.1) is 0 Å². The van der Waals surface area contributed by atoms with Crippen molar-refractivity contribution < 1.29 is 14.3 Å². The highest BCUT2D eigenvalue weighted by atomic mass is 16.5. The predicted molar refractivity (Wildman–Crippen MR) is 138 cm³/mol. The van der Waals surface area contributed by atoms with Crippen molar-refractivity contribution in [1.82, 2.24) is 0 Å². The van der Waals surface area contributed by atoms with Gasteiger partial charge in [-0.2, -0.15) is 0 Å². The van der Waals surface area contributed by atoms with Gasteiger partial charge in [0.2, 0.25) is 0 Å². The lowest BCUT2D eigenvalue weighted by molar-refractivity contribution is 0.103. The van der Waals surface area contributed by atoms with Crippen molar-refractivity contribution in [2.24, 2.45) is 0 Å². The number of para-hydroxylation sites is 1. The number of carbonyl (C=O) groups excluding carboxylic acids is 1. The van der Waals surface area contributed by atoms with Gasteiger partial charge in [-0.3, -0.25) is 4.79 Å². The van der Waals surface area contributed by atoms with Crippen LogP contribution in [-0.4, -0.2) is 5.78 Å². The molecule has 4 aromatic rings. The fraction of sp³-hybridized carbons (Fsp3) is 0.194. The SMILES string of the molecule is CC(C)c1ccc(Oc2cccc(C(=O)c3ccccc3)c2Oc2ccc(C(C)C)cc2)cc1. The van der Waals surface area contributed by atoms with Crippen molar-refractivity contribution in [2.45, 2.75) is 39.5 Å². The number of hydrogen-bond acceptors (Lipinski definition) is 3. The van der Waals surface area contributed by atoms with Crippen LogP contribution in [0.3, 0.4) is 0 Å². The Labute approximate surface area is 202 Å². The molecule has 0 amide bonds. The van der Waals surface area contributed by atoms with Crippen molar-refractivity contribution in [3.8, 4) is 23.0 Å². The number of benzene rings is 4. The highest BCUT2D eigenvalue weighted by Gasteiger charge is 2.20. The summed E-state index contributed by atoms with van der Waals surface area (Å²) in [6.07, 6.45) is 0. The number of ketones is 1. The minimum atomic E-state index is -0.116. The molecule has 0 aliphatic rings. The van der Waals surface area contributed by atoms with Gasteiger partial charge in [0, 0.05) is 5.56 Å². The fourth-order valence-electron chi connectivity index (χ4n) is 3.71. The van der Waals surface area contributed by atoms with E-state index in [4.69, 9.17) is 9.47 Å². The Bertz CT molecular complexity index is 1240. The zero-order valence-electron chi connectivity index (χ0n) is 20.1. The van der Waals surface area contributed by atoms with Crippen molar-refractivity contribution in [1.29, 1.82) is 0 Å². The van der Waals surface area contributed by atoms with Gasteiger partial charge in [0.15, 0.2) is 17.3 Å². The maximum atomic E-state index is 13.4. The summed E-state index contributed by atoms with van der Waals surface area (Å²) in [5.41, 5.74) is 3.51. The molecule has 0 N–H and O–H groups in total. The van der Waals surface area contributed by atoms with E-state index in [2.05, 4.69) is 39.8 Å². The van der Waals surface area contributed by atoms with Crippen LogP contribution in [0.2, 0.25) is 0 Å². The van der Waals surface area contributed by atoms with Crippen LogP contribution < -0.4 is 9.47 Å². The van der Waals surface area contributed by atoms with Crippen molar-refractivity contribution in [3.05, 3.63) is 119 Å². The van der Waals surface area contributed by atoms with E-state index in [1.165, 1.54) is 11.1 Å². The average molecular weight is 451 g/mol. The number of hydrogen-bond donors (Lipinski definition) is 0. The lowest BCUT2D eigenvalue weighted by Gasteiger charge is -2.17. The van der Waals surface area contributed by atoms with Crippen molar-refractivity contribution in [3.63, 3.8) is 0 Å². The standard InChI is InChI=1S/C31H30O3/c1-21(2)23-13-17-26(18-14-23)33-29-12-8-11-28(30(32)25-9-6-5-7-10-25)31(29)34-27-19-15-24(16-20-27)22(3)4/h5-22H,1-4H3. The maximum Gasteiger partial charge on any atom is 0.196 e. The highest BCUT2D eigenvalue weighted by molar-refractivity contribution is 6.11. The first kappa shape index (κ1) is 23.3. The van der Waals surface area contributed by atoms with Gasteiger partial charge >= 0.3 is 0 Å². The third-order valence-electron chi connectivity index (χ3n) is 5.80. The van der Waals surface area contributed by atoms with Crippen LogP contribution in [0.5, 0.6) is 23.0 Å². The molecule has 0 aliphatic carbocycles. The molecule has 0 unspecified atom stereocenters. The van der Waals surface area contributed by atoms with E-state index < -0.39 is 0 Å². The van der Waals surface area contributed by atoms with Gasteiger partial charge in [-0.25, -0.2) is 0 Å². The number of ether oxygens (including phenoxy) is 2. The van der Waals surface area contributed by atoms with Crippen LogP contribution in [0.1, 0.15) is 66.6 Å². The third-order valence-corrected chi connectivity index (χ3v) is 5.80. The Morgan fingerprint density at radius 2 is 1.12 bits per heavy atom. The zero-order valence-corrected chi connectivity index (χ0v) is 20.1. The quantitative estimate of drug-likeness (QED) is 0.252.